The zero-order valence-electron chi connectivity index (χ0n) is 23.9. The first-order valence-corrected chi connectivity index (χ1v) is 14.3. The van der Waals surface area contributed by atoms with Gasteiger partial charge >= 0.3 is 0 Å². The molecular formula is C30H45BFN5. The van der Waals surface area contributed by atoms with Gasteiger partial charge in [0.1, 0.15) is 19.8 Å². The van der Waals surface area contributed by atoms with Crippen LogP contribution in [0.1, 0.15) is 87.8 Å². The van der Waals surface area contributed by atoms with Gasteiger partial charge in [-0.15, -0.1) is 0 Å². The fourth-order valence-electron chi connectivity index (χ4n) is 7.04. The molecule has 5 rings (SSSR count). The van der Waals surface area contributed by atoms with Crippen LogP contribution in [0, 0.1) is 25.2 Å². The van der Waals surface area contributed by atoms with Gasteiger partial charge in [0, 0.05) is 30.9 Å². The summed E-state index contributed by atoms with van der Waals surface area (Å²) in [5, 5.41) is 3.85. The third-order valence-corrected chi connectivity index (χ3v) is 9.48. The first kappa shape index (κ1) is 26.5. The molecule has 1 N–H and O–H groups in total. The van der Waals surface area contributed by atoms with Crippen molar-refractivity contribution in [2.24, 2.45) is 11.3 Å². The fraction of sp³-hybridized carbons (Fsp3) is 0.667. The second kappa shape index (κ2) is 9.87. The number of hydrogen-bond donors (Lipinski definition) is 1. The predicted molar refractivity (Wildman–Crippen MR) is 154 cm³/mol. The van der Waals surface area contributed by atoms with E-state index in [2.05, 4.69) is 80.8 Å². The van der Waals surface area contributed by atoms with Gasteiger partial charge in [-0.25, -0.2) is 9.37 Å². The van der Waals surface area contributed by atoms with Gasteiger partial charge in [-0.05, 0) is 87.8 Å². The molecule has 0 radical (unpaired) electrons. The summed E-state index contributed by atoms with van der Waals surface area (Å²) in [6.45, 7) is 17.1. The van der Waals surface area contributed by atoms with E-state index in [-0.39, 0.29) is 6.04 Å². The van der Waals surface area contributed by atoms with Crippen molar-refractivity contribution in [3.05, 3.63) is 46.6 Å². The minimum absolute atomic E-state index is 0.0219. The summed E-state index contributed by atoms with van der Waals surface area (Å²) in [7, 11) is 2.50. The SMILES string of the molecule is B[C@]1(C2CN(c3ncc(C(C)F)c(N[C@H](C)c4ccc(C)cc4C)n3)C2)CCCN(C2CC(C)(C)C2)C1. The van der Waals surface area contributed by atoms with Gasteiger partial charge in [-0.1, -0.05) is 44.0 Å². The largest absolute Gasteiger partial charge is 0.363 e. The molecule has 2 saturated heterocycles. The third kappa shape index (κ3) is 5.39. The second-order valence-electron chi connectivity index (χ2n) is 13.4. The Bertz CT molecular complexity index is 1120. The number of nitrogens with one attached hydrogen (secondary N) is 1. The van der Waals surface area contributed by atoms with Gasteiger partial charge in [0.05, 0.1) is 6.04 Å². The molecule has 37 heavy (non-hydrogen) atoms. The minimum Gasteiger partial charge on any atom is -0.363 e. The van der Waals surface area contributed by atoms with E-state index in [0.29, 0.717) is 34.0 Å². The van der Waals surface area contributed by atoms with E-state index >= 15 is 0 Å². The van der Waals surface area contributed by atoms with Crippen LogP contribution in [0.2, 0.25) is 5.31 Å². The normalized spacial score (nSPS) is 26.3. The Morgan fingerprint density at radius 3 is 2.51 bits per heavy atom. The van der Waals surface area contributed by atoms with Crippen molar-refractivity contribution in [3.63, 3.8) is 0 Å². The number of piperidine rings is 1. The van der Waals surface area contributed by atoms with Crippen molar-refractivity contribution in [2.45, 2.75) is 90.8 Å². The molecule has 5 nitrogen and oxygen atoms in total. The first-order chi connectivity index (χ1) is 17.4. The molecule has 3 heterocycles. The molecule has 2 aliphatic heterocycles. The Hall–Kier alpha value is -2.15. The van der Waals surface area contributed by atoms with Crippen LogP contribution in [0.4, 0.5) is 16.2 Å². The maximum absolute atomic E-state index is 14.5. The highest BCUT2D eigenvalue weighted by Crippen LogP contribution is 2.50. The molecule has 3 atom stereocenters. The van der Waals surface area contributed by atoms with E-state index in [9.17, 15) is 4.39 Å². The Labute approximate surface area is 224 Å². The van der Waals surface area contributed by atoms with Crippen LogP contribution in [0.3, 0.4) is 0 Å². The number of halogens is 1. The van der Waals surface area contributed by atoms with Gasteiger partial charge in [0.2, 0.25) is 5.95 Å². The van der Waals surface area contributed by atoms with Crippen molar-refractivity contribution in [2.75, 3.05) is 36.4 Å². The zero-order chi connectivity index (χ0) is 26.5. The smallest absolute Gasteiger partial charge is 0.227 e. The number of aryl methyl sites for hydroxylation is 2. The first-order valence-electron chi connectivity index (χ1n) is 14.3. The number of hydrogen-bond acceptors (Lipinski definition) is 5. The summed E-state index contributed by atoms with van der Waals surface area (Å²) >= 11 is 0. The van der Waals surface area contributed by atoms with Gasteiger partial charge in [0.15, 0.2) is 0 Å². The molecule has 1 aromatic carbocycles. The van der Waals surface area contributed by atoms with Gasteiger partial charge < -0.3 is 15.1 Å². The van der Waals surface area contributed by atoms with Crippen LogP contribution < -0.4 is 10.2 Å². The highest BCUT2D eigenvalue weighted by Gasteiger charge is 2.48. The highest BCUT2D eigenvalue weighted by atomic mass is 19.1. The standard InChI is InChI=1S/C30H45BFN5/c1-19-8-9-25(20(2)12-19)22(4)34-27-26(21(3)32)15-33-28(35-27)37-16-23(17-37)30(31)10-7-11-36(18-30)24-13-29(5,6)14-24/h8-9,12,15,21-24H,7,10-11,13-14,16-18,31H2,1-6H3,(H,33,34,35)/t21?,22-,30-/m1/s1. The van der Waals surface area contributed by atoms with Gasteiger partial charge in [-0.3, -0.25) is 0 Å². The number of alkyl halides is 1. The molecule has 0 amide bonds. The van der Waals surface area contributed by atoms with Crippen LogP contribution in [-0.4, -0.2) is 54.9 Å². The number of rotatable bonds is 7. The number of benzene rings is 1. The highest BCUT2D eigenvalue weighted by molar-refractivity contribution is 6.16. The molecule has 0 spiro atoms. The van der Waals surface area contributed by atoms with Gasteiger partial charge in [-0.2, -0.15) is 4.98 Å². The minimum atomic E-state index is -1.13. The summed E-state index contributed by atoms with van der Waals surface area (Å²) in [5.74, 6) is 1.98. The number of aromatic nitrogens is 2. The molecule has 7 heteroatoms. The molecule has 0 bridgehead atoms. The van der Waals surface area contributed by atoms with Crippen molar-refractivity contribution < 1.29 is 4.39 Å². The van der Waals surface area contributed by atoms with E-state index in [1.54, 1.807) is 13.1 Å². The average molecular weight is 506 g/mol. The van der Waals surface area contributed by atoms with E-state index in [1.165, 1.54) is 55.5 Å². The zero-order valence-corrected chi connectivity index (χ0v) is 23.9. The number of likely N-dealkylation sites (tertiary alicyclic amines) is 1. The summed E-state index contributed by atoms with van der Waals surface area (Å²) < 4.78 is 14.5. The van der Waals surface area contributed by atoms with E-state index in [1.807, 2.05) is 0 Å². The lowest BCUT2D eigenvalue weighted by Crippen LogP contribution is -2.59. The van der Waals surface area contributed by atoms with Crippen LogP contribution in [0.5, 0.6) is 0 Å². The summed E-state index contributed by atoms with van der Waals surface area (Å²) in [5.41, 5.74) is 4.73. The quantitative estimate of drug-likeness (QED) is 0.482. The topological polar surface area (TPSA) is 44.3 Å². The van der Waals surface area contributed by atoms with Crippen molar-refractivity contribution >= 4 is 19.6 Å². The van der Waals surface area contributed by atoms with Crippen molar-refractivity contribution in [1.82, 2.24) is 14.9 Å². The molecule has 2 aromatic rings. The summed E-state index contributed by atoms with van der Waals surface area (Å²) in [4.78, 5) is 14.5. The van der Waals surface area contributed by atoms with Crippen molar-refractivity contribution in [1.29, 1.82) is 0 Å². The monoisotopic (exact) mass is 505 g/mol. The maximum atomic E-state index is 14.5. The molecule has 3 fully saturated rings. The van der Waals surface area contributed by atoms with Gasteiger partial charge in [0.25, 0.3) is 0 Å². The average Bonchev–Trinajstić information content (AvgIpc) is 2.76. The third-order valence-electron chi connectivity index (χ3n) is 9.48. The Morgan fingerprint density at radius 1 is 1.14 bits per heavy atom. The number of anilines is 2. The molecule has 1 saturated carbocycles. The van der Waals surface area contributed by atoms with E-state index in [0.717, 1.165) is 19.1 Å². The Kier molecular flexibility index (Phi) is 7.06. The second-order valence-corrected chi connectivity index (χ2v) is 13.4. The van der Waals surface area contributed by atoms with Crippen LogP contribution in [0.15, 0.2) is 24.4 Å². The summed E-state index contributed by atoms with van der Waals surface area (Å²) in [6, 6.07) is 7.27. The molecule has 1 unspecified atom stereocenters. The fourth-order valence-corrected chi connectivity index (χ4v) is 7.04. The Balaban J connectivity index is 1.26. The van der Waals surface area contributed by atoms with E-state index in [4.69, 9.17) is 4.98 Å². The Morgan fingerprint density at radius 2 is 1.86 bits per heavy atom. The molecule has 200 valence electrons. The molecule has 1 aromatic heterocycles. The maximum Gasteiger partial charge on any atom is 0.227 e. The lowest BCUT2D eigenvalue weighted by Gasteiger charge is -2.57. The van der Waals surface area contributed by atoms with Crippen LogP contribution in [-0.2, 0) is 0 Å². The molecule has 1 aliphatic carbocycles. The predicted octanol–water partition coefficient (Wildman–Crippen LogP) is 5.81. The molecule has 3 aliphatic rings. The lowest BCUT2D eigenvalue weighted by molar-refractivity contribution is -0.00474. The molecular weight excluding hydrogens is 460 g/mol. The van der Waals surface area contributed by atoms with Crippen LogP contribution in [0.25, 0.3) is 0 Å². The lowest BCUT2D eigenvalue weighted by atomic mass is 9.54. The summed E-state index contributed by atoms with van der Waals surface area (Å²) in [6.07, 6.45) is 5.83. The van der Waals surface area contributed by atoms with Crippen LogP contribution >= 0.6 is 0 Å². The van der Waals surface area contributed by atoms with E-state index < -0.39 is 6.17 Å². The number of nitrogens with zero attached hydrogens (tertiary/aromatic N) is 4. The van der Waals surface area contributed by atoms with Crippen molar-refractivity contribution in [3.8, 4) is 0 Å².